The Morgan fingerprint density at radius 2 is 1.94 bits per heavy atom. The van der Waals surface area contributed by atoms with Crippen LogP contribution in [0.1, 0.15) is 24.8 Å². The van der Waals surface area contributed by atoms with Gasteiger partial charge in [-0.3, -0.25) is 4.79 Å². The third kappa shape index (κ3) is 2.98. The fourth-order valence-corrected chi connectivity index (χ4v) is 1.49. The van der Waals surface area contributed by atoms with Gasteiger partial charge in [-0.25, -0.2) is 4.79 Å². The molecule has 4 N–H and O–H groups in total. The van der Waals surface area contributed by atoms with E-state index in [0.29, 0.717) is 17.7 Å². The van der Waals surface area contributed by atoms with Gasteiger partial charge in [0.15, 0.2) is 0 Å². The number of amides is 2. The molecule has 0 radical (unpaired) electrons. The number of hydrogen-bond acceptors (Lipinski definition) is 2. The maximum Gasteiger partial charge on any atom is 0.316 e. The lowest BCUT2D eigenvalue weighted by atomic mass is 9.96. The molecule has 86 valence electrons. The molecule has 0 aromatic heterocycles. The minimum Gasteiger partial charge on any atom is -0.481 e. The van der Waals surface area contributed by atoms with Crippen LogP contribution in [-0.2, 0) is 4.79 Å². The Morgan fingerprint density at radius 1 is 1.38 bits per heavy atom. The summed E-state index contributed by atoms with van der Waals surface area (Å²) in [6.07, 6.45) is 0.526. The topological polar surface area (TPSA) is 92.4 Å². The number of carbonyl (C=O) groups excluding carboxylic acids is 1. The number of benzene rings is 1. The van der Waals surface area contributed by atoms with E-state index in [4.69, 9.17) is 10.8 Å². The van der Waals surface area contributed by atoms with Crippen molar-refractivity contribution in [1.29, 1.82) is 0 Å². The van der Waals surface area contributed by atoms with Crippen molar-refractivity contribution in [2.75, 3.05) is 5.32 Å². The smallest absolute Gasteiger partial charge is 0.316 e. The highest BCUT2D eigenvalue weighted by Gasteiger charge is 2.16. The van der Waals surface area contributed by atoms with E-state index in [1.807, 2.05) is 6.92 Å². The summed E-state index contributed by atoms with van der Waals surface area (Å²) in [7, 11) is 0. The summed E-state index contributed by atoms with van der Waals surface area (Å²) in [6.45, 7) is 1.81. The van der Waals surface area contributed by atoms with Crippen LogP contribution in [0.2, 0.25) is 0 Å². The van der Waals surface area contributed by atoms with Gasteiger partial charge in [-0.2, -0.15) is 0 Å². The van der Waals surface area contributed by atoms with Crippen molar-refractivity contribution in [2.45, 2.75) is 19.3 Å². The van der Waals surface area contributed by atoms with Crippen molar-refractivity contribution in [1.82, 2.24) is 0 Å². The molecule has 5 nitrogen and oxygen atoms in total. The Kier molecular flexibility index (Phi) is 3.88. The van der Waals surface area contributed by atoms with Crippen molar-refractivity contribution in [3.63, 3.8) is 0 Å². The fraction of sp³-hybridized carbons (Fsp3) is 0.273. The van der Waals surface area contributed by atoms with Crippen molar-refractivity contribution < 1.29 is 14.7 Å². The van der Waals surface area contributed by atoms with Gasteiger partial charge >= 0.3 is 12.0 Å². The molecule has 5 heteroatoms. The van der Waals surface area contributed by atoms with E-state index in [1.54, 1.807) is 24.3 Å². The number of aliphatic carboxylic acids is 1. The van der Waals surface area contributed by atoms with Gasteiger partial charge in [0, 0.05) is 5.69 Å². The van der Waals surface area contributed by atoms with Crippen molar-refractivity contribution in [3.8, 4) is 0 Å². The van der Waals surface area contributed by atoms with Gasteiger partial charge < -0.3 is 16.2 Å². The second-order valence-corrected chi connectivity index (χ2v) is 3.41. The van der Waals surface area contributed by atoms with Gasteiger partial charge in [0.1, 0.15) is 0 Å². The molecule has 1 aromatic carbocycles. The van der Waals surface area contributed by atoms with Gasteiger partial charge in [-0.1, -0.05) is 19.1 Å². The van der Waals surface area contributed by atoms with E-state index in [2.05, 4.69) is 5.32 Å². The zero-order valence-electron chi connectivity index (χ0n) is 8.93. The number of primary amides is 1. The van der Waals surface area contributed by atoms with E-state index in [1.165, 1.54) is 0 Å². The molecule has 2 amide bonds. The standard InChI is InChI=1S/C11H14N2O3/c1-2-9(10(14)15)7-3-5-8(6-4-7)13-11(12)16/h3-6,9H,2H2,1H3,(H,14,15)(H3,12,13,16)/t9-/m1/s1. The van der Waals surface area contributed by atoms with E-state index in [-0.39, 0.29) is 0 Å². The summed E-state index contributed by atoms with van der Waals surface area (Å²) in [5, 5.41) is 11.4. The first-order valence-corrected chi connectivity index (χ1v) is 4.93. The van der Waals surface area contributed by atoms with Crippen LogP contribution in [0.15, 0.2) is 24.3 Å². The molecule has 1 rings (SSSR count). The summed E-state index contributed by atoms with van der Waals surface area (Å²) in [6, 6.07) is 5.97. The van der Waals surface area contributed by atoms with Crippen molar-refractivity contribution in [3.05, 3.63) is 29.8 Å². The molecule has 16 heavy (non-hydrogen) atoms. The average Bonchev–Trinajstić information content (AvgIpc) is 2.20. The highest BCUT2D eigenvalue weighted by Crippen LogP contribution is 2.21. The zero-order valence-corrected chi connectivity index (χ0v) is 8.93. The molecule has 1 aromatic rings. The minimum absolute atomic E-state index is 0.511. The molecule has 1 atom stereocenters. The molecule has 0 bridgehead atoms. The number of nitrogens with two attached hydrogens (primary N) is 1. The van der Waals surface area contributed by atoms with Crippen LogP contribution in [0.5, 0.6) is 0 Å². The third-order valence-electron chi connectivity index (χ3n) is 2.29. The number of urea groups is 1. The summed E-state index contributed by atoms with van der Waals surface area (Å²) >= 11 is 0. The molecule has 0 heterocycles. The van der Waals surface area contributed by atoms with Gasteiger partial charge in [0.2, 0.25) is 0 Å². The summed E-state index contributed by atoms with van der Waals surface area (Å²) in [5.74, 6) is -1.36. The lowest BCUT2D eigenvalue weighted by molar-refractivity contribution is -0.138. The number of carboxylic acid groups (broad SMARTS) is 1. The zero-order chi connectivity index (χ0) is 12.1. The lowest BCUT2D eigenvalue weighted by Gasteiger charge is -2.10. The first kappa shape index (κ1) is 12.0. The monoisotopic (exact) mass is 222 g/mol. The van der Waals surface area contributed by atoms with E-state index in [0.717, 1.165) is 0 Å². The fourth-order valence-electron chi connectivity index (χ4n) is 1.49. The molecule has 0 unspecified atom stereocenters. The van der Waals surface area contributed by atoms with E-state index in [9.17, 15) is 9.59 Å². The maximum absolute atomic E-state index is 10.9. The maximum atomic E-state index is 10.9. The molecule has 0 aliphatic heterocycles. The van der Waals surface area contributed by atoms with Crippen LogP contribution in [0.3, 0.4) is 0 Å². The van der Waals surface area contributed by atoms with E-state index >= 15 is 0 Å². The first-order valence-electron chi connectivity index (χ1n) is 4.93. The normalized spacial score (nSPS) is 11.8. The molecular weight excluding hydrogens is 208 g/mol. The highest BCUT2D eigenvalue weighted by molar-refractivity contribution is 5.87. The number of carboxylic acids is 1. The first-order chi connectivity index (χ1) is 7.54. The molecule has 0 aliphatic rings. The SMILES string of the molecule is CC[C@@H](C(=O)O)c1ccc(NC(N)=O)cc1. The van der Waals surface area contributed by atoms with Crippen LogP contribution in [-0.4, -0.2) is 17.1 Å². The molecule has 0 spiro atoms. The largest absolute Gasteiger partial charge is 0.481 e. The van der Waals surface area contributed by atoms with Gasteiger partial charge in [-0.05, 0) is 24.1 Å². The average molecular weight is 222 g/mol. The highest BCUT2D eigenvalue weighted by atomic mass is 16.4. The quantitative estimate of drug-likeness (QED) is 0.724. The second-order valence-electron chi connectivity index (χ2n) is 3.41. The molecule has 0 fully saturated rings. The van der Waals surface area contributed by atoms with Gasteiger partial charge in [0.05, 0.1) is 5.92 Å². The number of anilines is 1. The van der Waals surface area contributed by atoms with Crippen LogP contribution >= 0.6 is 0 Å². The lowest BCUT2D eigenvalue weighted by Crippen LogP contribution is -2.19. The third-order valence-corrected chi connectivity index (χ3v) is 2.29. The second kappa shape index (κ2) is 5.16. The van der Waals surface area contributed by atoms with Crippen LogP contribution in [0.25, 0.3) is 0 Å². The predicted molar refractivity (Wildman–Crippen MR) is 60.3 cm³/mol. The Balaban J connectivity index is 2.85. The summed E-state index contributed by atoms with van der Waals surface area (Å²) in [4.78, 5) is 21.5. The van der Waals surface area contributed by atoms with Crippen LogP contribution < -0.4 is 11.1 Å². The van der Waals surface area contributed by atoms with Crippen molar-refractivity contribution >= 4 is 17.7 Å². The van der Waals surface area contributed by atoms with Crippen molar-refractivity contribution in [2.24, 2.45) is 5.73 Å². The molecule has 0 saturated heterocycles. The molecular formula is C11H14N2O3. The Hall–Kier alpha value is -2.04. The number of nitrogens with one attached hydrogen (secondary N) is 1. The summed E-state index contributed by atoms with van der Waals surface area (Å²) in [5.41, 5.74) is 6.22. The number of hydrogen-bond donors (Lipinski definition) is 3. The Labute approximate surface area is 93.3 Å². The van der Waals surface area contributed by atoms with Crippen LogP contribution in [0.4, 0.5) is 10.5 Å². The Bertz CT molecular complexity index is 387. The predicted octanol–water partition coefficient (Wildman–Crippen LogP) is 1.76. The number of rotatable bonds is 4. The molecule has 0 saturated carbocycles. The van der Waals surface area contributed by atoms with Gasteiger partial charge in [0.25, 0.3) is 0 Å². The van der Waals surface area contributed by atoms with Crippen LogP contribution in [0, 0.1) is 0 Å². The Morgan fingerprint density at radius 3 is 2.31 bits per heavy atom. The number of carbonyl (C=O) groups is 2. The minimum atomic E-state index is -0.849. The van der Waals surface area contributed by atoms with E-state index < -0.39 is 17.9 Å². The van der Waals surface area contributed by atoms with Gasteiger partial charge in [-0.15, -0.1) is 0 Å². The summed E-state index contributed by atoms with van der Waals surface area (Å²) < 4.78 is 0. The molecule has 0 aliphatic carbocycles.